The Morgan fingerprint density at radius 1 is 1.25 bits per heavy atom. The molecule has 1 aromatic carbocycles. The van der Waals surface area contributed by atoms with Crippen LogP contribution in [0.2, 0.25) is 0 Å². The van der Waals surface area contributed by atoms with Crippen molar-refractivity contribution in [3.05, 3.63) is 58.0 Å². The number of ether oxygens (including phenoxy) is 1. The number of halogens is 1. The number of imide groups is 1. The van der Waals surface area contributed by atoms with Gasteiger partial charge in [0, 0.05) is 17.1 Å². The highest BCUT2D eigenvalue weighted by Crippen LogP contribution is 2.33. The smallest absolute Gasteiger partial charge is 0.326 e. The molecule has 8 heteroatoms. The van der Waals surface area contributed by atoms with E-state index in [1.165, 1.54) is 12.1 Å². The summed E-state index contributed by atoms with van der Waals surface area (Å²) in [5.74, 6) is -1.50. The van der Waals surface area contributed by atoms with E-state index in [9.17, 15) is 18.8 Å². The number of amides is 2. The Morgan fingerprint density at radius 3 is 2.68 bits per heavy atom. The van der Waals surface area contributed by atoms with Gasteiger partial charge in [-0.1, -0.05) is 6.07 Å². The lowest BCUT2D eigenvalue weighted by Gasteiger charge is -2.11. The number of esters is 1. The van der Waals surface area contributed by atoms with Crippen molar-refractivity contribution in [1.29, 1.82) is 0 Å². The molecule has 146 valence electrons. The van der Waals surface area contributed by atoms with Gasteiger partial charge in [-0.2, -0.15) is 0 Å². The van der Waals surface area contributed by atoms with Crippen molar-refractivity contribution in [2.75, 3.05) is 13.2 Å². The molecule has 1 aliphatic heterocycles. The van der Waals surface area contributed by atoms with Crippen LogP contribution in [0.3, 0.4) is 0 Å². The van der Waals surface area contributed by atoms with E-state index in [0.717, 1.165) is 33.6 Å². The van der Waals surface area contributed by atoms with Gasteiger partial charge in [0.05, 0.1) is 11.5 Å². The van der Waals surface area contributed by atoms with E-state index in [1.54, 1.807) is 25.1 Å². The molecule has 2 amide bonds. The molecule has 1 fully saturated rings. The largest absolute Gasteiger partial charge is 0.465 e. The lowest BCUT2D eigenvalue weighted by atomic mass is 10.2. The molecule has 3 rings (SSSR count). The van der Waals surface area contributed by atoms with Crippen molar-refractivity contribution in [3.8, 4) is 5.69 Å². The maximum absolute atomic E-state index is 13.6. The SMILES string of the molecule is CCOC(=O)CN1C(=O)S/C(=C\c2cc(C)n(-c3cccc(F)c3)c2C)C1=O. The number of rotatable bonds is 5. The number of aromatic nitrogens is 1. The standard InChI is InChI=1S/C20H19FN2O4S/c1-4-27-18(24)11-22-19(25)17(28-20(22)26)9-14-8-12(2)23(13(14)3)16-7-5-6-15(21)10-16/h5-10H,4,11H2,1-3H3/b17-9-. The fourth-order valence-electron chi connectivity index (χ4n) is 3.06. The van der Waals surface area contributed by atoms with E-state index in [2.05, 4.69) is 0 Å². The van der Waals surface area contributed by atoms with Crippen LogP contribution in [0.15, 0.2) is 35.2 Å². The van der Waals surface area contributed by atoms with Gasteiger partial charge in [-0.25, -0.2) is 4.39 Å². The maximum atomic E-state index is 13.6. The van der Waals surface area contributed by atoms with Crippen molar-refractivity contribution in [1.82, 2.24) is 9.47 Å². The van der Waals surface area contributed by atoms with E-state index in [0.29, 0.717) is 5.69 Å². The van der Waals surface area contributed by atoms with Gasteiger partial charge < -0.3 is 9.30 Å². The Morgan fingerprint density at radius 2 is 2.00 bits per heavy atom. The molecular weight excluding hydrogens is 383 g/mol. The molecule has 2 heterocycles. The van der Waals surface area contributed by atoms with Crippen LogP contribution >= 0.6 is 11.8 Å². The van der Waals surface area contributed by atoms with Gasteiger partial charge in [0.25, 0.3) is 11.1 Å². The van der Waals surface area contributed by atoms with E-state index in [1.807, 2.05) is 24.5 Å². The minimum atomic E-state index is -0.629. The van der Waals surface area contributed by atoms with Gasteiger partial charge in [-0.15, -0.1) is 0 Å². The Labute approximate surface area is 166 Å². The number of nitrogens with zero attached hydrogens (tertiary/aromatic N) is 2. The summed E-state index contributed by atoms with van der Waals surface area (Å²) in [6.45, 7) is 5.16. The van der Waals surface area contributed by atoms with E-state index in [-0.39, 0.29) is 17.3 Å². The summed E-state index contributed by atoms with van der Waals surface area (Å²) in [4.78, 5) is 37.4. The summed E-state index contributed by atoms with van der Waals surface area (Å²) in [5, 5.41) is -0.511. The predicted octanol–water partition coefficient (Wildman–Crippen LogP) is 3.83. The zero-order chi connectivity index (χ0) is 20.4. The molecule has 0 aliphatic carbocycles. The summed E-state index contributed by atoms with van der Waals surface area (Å²) >= 11 is 0.780. The number of thioether (sulfide) groups is 1. The van der Waals surface area contributed by atoms with Crippen LogP contribution in [0.25, 0.3) is 11.8 Å². The molecule has 0 unspecified atom stereocenters. The minimum absolute atomic E-state index is 0.178. The van der Waals surface area contributed by atoms with E-state index < -0.39 is 23.7 Å². The summed E-state index contributed by atoms with van der Waals surface area (Å²) < 4.78 is 20.3. The molecule has 0 bridgehead atoms. The first-order chi connectivity index (χ1) is 13.3. The molecule has 1 aromatic heterocycles. The van der Waals surface area contributed by atoms with E-state index in [4.69, 9.17) is 4.74 Å². The van der Waals surface area contributed by atoms with Crippen molar-refractivity contribution >= 4 is 35.0 Å². The highest BCUT2D eigenvalue weighted by atomic mass is 32.2. The number of carbonyl (C=O) groups is 3. The summed E-state index contributed by atoms with van der Waals surface area (Å²) in [6, 6.07) is 8.08. The fraction of sp³-hybridized carbons (Fsp3) is 0.250. The number of hydrogen-bond donors (Lipinski definition) is 0. The van der Waals surface area contributed by atoms with Crippen molar-refractivity contribution in [2.45, 2.75) is 20.8 Å². The summed E-state index contributed by atoms with van der Waals surface area (Å²) in [5.41, 5.74) is 3.08. The summed E-state index contributed by atoms with van der Waals surface area (Å²) in [7, 11) is 0. The molecule has 0 radical (unpaired) electrons. The molecule has 1 aliphatic rings. The zero-order valence-electron chi connectivity index (χ0n) is 15.7. The average molecular weight is 402 g/mol. The molecule has 28 heavy (non-hydrogen) atoms. The minimum Gasteiger partial charge on any atom is -0.465 e. The molecule has 1 saturated heterocycles. The van der Waals surface area contributed by atoms with Gasteiger partial charge >= 0.3 is 5.97 Å². The number of benzene rings is 1. The Bertz CT molecular complexity index is 996. The van der Waals surface area contributed by atoms with E-state index >= 15 is 0 Å². The average Bonchev–Trinajstić information content (AvgIpc) is 3.05. The Kier molecular flexibility index (Phi) is 5.69. The van der Waals surface area contributed by atoms with Crippen LogP contribution in [0.1, 0.15) is 23.9 Å². The van der Waals surface area contributed by atoms with Gasteiger partial charge in [0.15, 0.2) is 0 Å². The zero-order valence-corrected chi connectivity index (χ0v) is 16.5. The topological polar surface area (TPSA) is 68.6 Å². The number of aryl methyl sites for hydroxylation is 1. The molecule has 0 N–H and O–H groups in total. The van der Waals surface area contributed by atoms with Crippen LogP contribution in [0.5, 0.6) is 0 Å². The second-order valence-corrected chi connectivity index (χ2v) is 7.21. The van der Waals surface area contributed by atoms with Crippen LogP contribution in [-0.2, 0) is 14.3 Å². The second-order valence-electron chi connectivity index (χ2n) is 6.21. The first kappa shape index (κ1) is 19.9. The normalized spacial score (nSPS) is 15.6. The van der Waals surface area contributed by atoms with Crippen LogP contribution < -0.4 is 0 Å². The Hall–Kier alpha value is -2.87. The molecule has 2 aromatic rings. The number of carbonyl (C=O) groups excluding carboxylic acids is 3. The highest BCUT2D eigenvalue weighted by Gasteiger charge is 2.36. The van der Waals surface area contributed by atoms with Crippen LogP contribution in [0, 0.1) is 19.7 Å². The number of hydrogen-bond acceptors (Lipinski definition) is 5. The third kappa shape index (κ3) is 3.87. The molecule has 0 saturated carbocycles. The molecular formula is C20H19FN2O4S. The lowest BCUT2D eigenvalue weighted by Crippen LogP contribution is -2.34. The van der Waals surface area contributed by atoms with Crippen molar-refractivity contribution in [3.63, 3.8) is 0 Å². The van der Waals surface area contributed by atoms with Gasteiger partial charge in [-0.05, 0) is 68.4 Å². The van der Waals surface area contributed by atoms with Crippen molar-refractivity contribution in [2.24, 2.45) is 0 Å². The molecule has 6 nitrogen and oxygen atoms in total. The highest BCUT2D eigenvalue weighted by molar-refractivity contribution is 8.18. The van der Waals surface area contributed by atoms with Crippen LogP contribution in [0.4, 0.5) is 9.18 Å². The fourth-order valence-corrected chi connectivity index (χ4v) is 3.89. The maximum Gasteiger partial charge on any atom is 0.326 e. The van der Waals surface area contributed by atoms with Gasteiger partial charge in [0.1, 0.15) is 12.4 Å². The predicted molar refractivity (Wildman–Crippen MR) is 105 cm³/mol. The molecule has 0 spiro atoms. The van der Waals surface area contributed by atoms with Gasteiger partial charge in [-0.3, -0.25) is 19.3 Å². The molecule has 0 atom stereocenters. The first-order valence-corrected chi connectivity index (χ1v) is 9.49. The second kappa shape index (κ2) is 8.02. The lowest BCUT2D eigenvalue weighted by molar-refractivity contribution is -0.145. The van der Waals surface area contributed by atoms with Crippen molar-refractivity contribution < 1.29 is 23.5 Å². The third-order valence-electron chi connectivity index (χ3n) is 4.29. The van der Waals surface area contributed by atoms with Gasteiger partial charge in [0.2, 0.25) is 0 Å². The van der Waals surface area contributed by atoms with Crippen LogP contribution in [-0.4, -0.2) is 39.7 Å². The monoisotopic (exact) mass is 402 g/mol. The first-order valence-electron chi connectivity index (χ1n) is 8.67. The quantitative estimate of drug-likeness (QED) is 0.562. The third-order valence-corrected chi connectivity index (χ3v) is 5.20. The Balaban J connectivity index is 1.90. The summed E-state index contributed by atoms with van der Waals surface area (Å²) in [6.07, 6.45) is 1.62.